The van der Waals surface area contributed by atoms with E-state index >= 15 is 0 Å². The third kappa shape index (κ3) is 4.03. The van der Waals surface area contributed by atoms with E-state index in [1.54, 1.807) is 4.90 Å². The normalized spacial score (nSPS) is 20.5. The number of benzene rings is 1. The van der Waals surface area contributed by atoms with Crippen LogP contribution in [0.25, 0.3) is 0 Å². The van der Waals surface area contributed by atoms with Gasteiger partial charge in [-0.25, -0.2) is 4.79 Å². The van der Waals surface area contributed by atoms with E-state index in [9.17, 15) is 19.7 Å². The summed E-state index contributed by atoms with van der Waals surface area (Å²) in [6.45, 7) is 3.56. The van der Waals surface area contributed by atoms with Gasteiger partial charge in [-0.15, -0.1) is 0 Å². The molecule has 0 unspecified atom stereocenters. The molecule has 1 heterocycles. The van der Waals surface area contributed by atoms with Gasteiger partial charge in [0.2, 0.25) is 0 Å². The number of likely N-dealkylation sites (tertiary alicyclic amines) is 1. The van der Waals surface area contributed by atoms with Crippen molar-refractivity contribution in [3.05, 3.63) is 38.9 Å². The molecule has 0 radical (unpaired) electrons. The van der Waals surface area contributed by atoms with Crippen molar-refractivity contribution in [3.63, 3.8) is 0 Å². The highest BCUT2D eigenvalue weighted by molar-refractivity contribution is 6.32. The molecule has 24 heavy (non-hydrogen) atoms. The summed E-state index contributed by atoms with van der Waals surface area (Å²) in [7, 11) is 0. The summed E-state index contributed by atoms with van der Waals surface area (Å²) in [5.41, 5.74) is -0.394. The summed E-state index contributed by atoms with van der Waals surface area (Å²) in [6, 6.07) is 3.84. The van der Waals surface area contributed by atoms with Crippen molar-refractivity contribution < 1.29 is 19.2 Å². The second-order valence-corrected chi connectivity index (χ2v) is 6.34. The topological polar surface area (TPSA) is 89.8 Å². The first-order chi connectivity index (χ1) is 11.3. The number of nitro benzene ring substituents is 1. The maximum atomic E-state index is 12.3. The van der Waals surface area contributed by atoms with Gasteiger partial charge in [-0.1, -0.05) is 11.6 Å². The molecule has 0 spiro atoms. The van der Waals surface area contributed by atoms with Crippen molar-refractivity contribution in [1.82, 2.24) is 4.90 Å². The number of esters is 1. The van der Waals surface area contributed by atoms with Gasteiger partial charge in [-0.3, -0.25) is 14.9 Å². The molecule has 0 bridgehead atoms. The molecule has 1 aromatic carbocycles. The molecule has 130 valence electrons. The van der Waals surface area contributed by atoms with Crippen molar-refractivity contribution in [2.75, 3.05) is 6.61 Å². The van der Waals surface area contributed by atoms with Crippen LogP contribution in [0.1, 0.15) is 43.5 Å². The van der Waals surface area contributed by atoms with E-state index in [4.69, 9.17) is 16.3 Å². The second kappa shape index (κ2) is 7.61. The first kappa shape index (κ1) is 18.2. The number of carbonyl (C=O) groups excluding carboxylic acids is 2. The molecule has 0 N–H and O–H groups in total. The van der Waals surface area contributed by atoms with E-state index < -0.39 is 10.9 Å². The number of nitro groups is 1. The van der Waals surface area contributed by atoms with Gasteiger partial charge in [0.25, 0.3) is 11.6 Å². The molecule has 0 aliphatic carbocycles. The number of hydrogen-bond acceptors (Lipinski definition) is 5. The van der Waals surface area contributed by atoms with E-state index in [0.717, 1.165) is 25.3 Å². The predicted molar refractivity (Wildman–Crippen MR) is 88.0 cm³/mol. The number of nitrogens with zero attached hydrogens (tertiary/aromatic N) is 2. The van der Waals surface area contributed by atoms with Gasteiger partial charge in [0, 0.05) is 18.2 Å². The van der Waals surface area contributed by atoms with E-state index in [0.29, 0.717) is 0 Å². The number of rotatable bonds is 4. The molecule has 1 aliphatic rings. The molecule has 2 atom stereocenters. The van der Waals surface area contributed by atoms with Crippen LogP contribution in [0.5, 0.6) is 0 Å². The lowest BCUT2D eigenvalue weighted by atomic mass is 9.97. The van der Waals surface area contributed by atoms with E-state index in [1.165, 1.54) is 12.1 Å². The average Bonchev–Trinajstić information content (AvgIpc) is 2.52. The summed E-state index contributed by atoms with van der Waals surface area (Å²) in [5, 5.41) is 10.8. The Labute approximate surface area is 144 Å². The predicted octanol–water partition coefficient (Wildman–Crippen LogP) is 3.19. The molecule has 8 heteroatoms. The number of hydrogen-bond donors (Lipinski definition) is 0. The smallest absolute Gasteiger partial charge is 0.338 e. The zero-order valence-corrected chi connectivity index (χ0v) is 14.3. The Bertz CT molecular complexity index is 654. The van der Waals surface area contributed by atoms with Crippen molar-refractivity contribution in [1.29, 1.82) is 0 Å². The summed E-state index contributed by atoms with van der Waals surface area (Å²) in [6.07, 6.45) is 2.92. The summed E-state index contributed by atoms with van der Waals surface area (Å²) in [5.74, 6) is -1.05. The van der Waals surface area contributed by atoms with Gasteiger partial charge in [0.1, 0.15) is 5.02 Å². The van der Waals surface area contributed by atoms with Gasteiger partial charge in [0.05, 0.1) is 10.5 Å². The number of carbonyl (C=O) groups is 2. The van der Waals surface area contributed by atoms with Gasteiger partial charge in [-0.2, -0.15) is 0 Å². The third-order valence-corrected chi connectivity index (χ3v) is 4.51. The zero-order chi connectivity index (χ0) is 17.9. The highest BCUT2D eigenvalue weighted by Gasteiger charge is 2.29. The van der Waals surface area contributed by atoms with Crippen LogP contribution < -0.4 is 0 Å². The lowest BCUT2D eigenvalue weighted by Crippen LogP contribution is -2.49. The molecule has 1 aromatic rings. The van der Waals surface area contributed by atoms with Gasteiger partial charge in [-0.05, 0) is 45.2 Å². The highest BCUT2D eigenvalue weighted by atomic mass is 35.5. The Kier molecular flexibility index (Phi) is 5.77. The van der Waals surface area contributed by atoms with Crippen molar-refractivity contribution >= 4 is 29.2 Å². The number of piperidine rings is 1. The summed E-state index contributed by atoms with van der Waals surface area (Å²) < 4.78 is 5.02. The molecule has 0 aromatic heterocycles. The van der Waals surface area contributed by atoms with Gasteiger partial charge < -0.3 is 9.64 Å². The van der Waals surface area contributed by atoms with Crippen LogP contribution in [0.2, 0.25) is 5.02 Å². The molecule has 1 amide bonds. The second-order valence-electron chi connectivity index (χ2n) is 5.93. The molecule has 1 saturated heterocycles. The molecular weight excluding hydrogens is 336 g/mol. The summed E-state index contributed by atoms with van der Waals surface area (Å²) >= 11 is 5.70. The first-order valence-corrected chi connectivity index (χ1v) is 8.11. The summed E-state index contributed by atoms with van der Waals surface area (Å²) in [4.78, 5) is 36.2. The SMILES string of the molecule is C[C@H]1CCC[C@H](C)N1C(=O)COC(=O)c1ccc(Cl)c([N+](=O)[O-])c1. The van der Waals surface area contributed by atoms with Gasteiger partial charge in [0.15, 0.2) is 6.61 Å². The fourth-order valence-corrected chi connectivity index (χ4v) is 3.16. The fraction of sp³-hybridized carbons (Fsp3) is 0.500. The first-order valence-electron chi connectivity index (χ1n) is 7.73. The molecular formula is C16H19ClN2O5. The van der Waals surface area contributed by atoms with Crippen LogP contribution in [0.15, 0.2) is 18.2 Å². The maximum absolute atomic E-state index is 12.3. The van der Waals surface area contributed by atoms with Crippen LogP contribution in [0, 0.1) is 10.1 Å². The molecule has 0 saturated carbocycles. The minimum absolute atomic E-state index is 0.0151. The Morgan fingerprint density at radius 2 is 1.96 bits per heavy atom. The lowest BCUT2D eigenvalue weighted by molar-refractivity contribution is -0.384. The zero-order valence-electron chi connectivity index (χ0n) is 13.5. The van der Waals surface area contributed by atoms with Crippen LogP contribution in [0.3, 0.4) is 0 Å². The van der Waals surface area contributed by atoms with Crippen LogP contribution in [-0.2, 0) is 9.53 Å². The molecule has 1 aliphatic heterocycles. The van der Waals surface area contributed by atoms with Gasteiger partial charge >= 0.3 is 5.97 Å². The standard InChI is InChI=1S/C16H19ClN2O5/c1-10-4-3-5-11(2)18(10)15(20)9-24-16(21)12-6-7-13(17)14(8-12)19(22)23/h6-8,10-11H,3-5,9H2,1-2H3/t10-,11-/m0/s1. The monoisotopic (exact) mass is 354 g/mol. The van der Waals surface area contributed by atoms with Crippen molar-refractivity contribution in [2.24, 2.45) is 0 Å². The van der Waals surface area contributed by atoms with Crippen molar-refractivity contribution in [2.45, 2.75) is 45.2 Å². The van der Waals surface area contributed by atoms with E-state index in [2.05, 4.69) is 0 Å². The molecule has 2 rings (SSSR count). The lowest BCUT2D eigenvalue weighted by Gasteiger charge is -2.38. The van der Waals surface area contributed by atoms with E-state index in [-0.39, 0.29) is 40.9 Å². The Morgan fingerprint density at radius 1 is 1.33 bits per heavy atom. The van der Waals surface area contributed by atoms with Crippen LogP contribution in [-0.4, -0.2) is 40.4 Å². The minimum atomic E-state index is -0.791. The fourth-order valence-electron chi connectivity index (χ4n) is 2.98. The van der Waals surface area contributed by atoms with E-state index in [1.807, 2.05) is 13.8 Å². The Morgan fingerprint density at radius 3 is 2.54 bits per heavy atom. The third-order valence-electron chi connectivity index (χ3n) is 4.19. The minimum Gasteiger partial charge on any atom is -0.452 e. The average molecular weight is 355 g/mol. The molecule has 1 fully saturated rings. The quantitative estimate of drug-likeness (QED) is 0.470. The molecule has 7 nitrogen and oxygen atoms in total. The Balaban J connectivity index is 2.01. The highest BCUT2D eigenvalue weighted by Crippen LogP contribution is 2.26. The number of amides is 1. The Hall–Kier alpha value is -2.15. The maximum Gasteiger partial charge on any atom is 0.338 e. The largest absolute Gasteiger partial charge is 0.452 e. The van der Waals surface area contributed by atoms with Crippen molar-refractivity contribution in [3.8, 4) is 0 Å². The van der Waals surface area contributed by atoms with Crippen LogP contribution >= 0.6 is 11.6 Å². The number of halogens is 1. The van der Waals surface area contributed by atoms with Crippen LogP contribution in [0.4, 0.5) is 5.69 Å². The number of ether oxygens (including phenoxy) is 1.